The average Bonchev–Trinajstić information content (AvgIpc) is 2.28. The summed E-state index contributed by atoms with van der Waals surface area (Å²) in [4.78, 5) is 0. The summed E-state index contributed by atoms with van der Waals surface area (Å²) in [5.74, 6) is -1.05. The third kappa shape index (κ3) is 1.27. The molecule has 0 N–H and O–H groups in total. The van der Waals surface area contributed by atoms with Crippen molar-refractivity contribution in [3.8, 4) is 0 Å². The van der Waals surface area contributed by atoms with Gasteiger partial charge in [0.1, 0.15) is 11.6 Å². The van der Waals surface area contributed by atoms with Gasteiger partial charge >= 0.3 is 0 Å². The fraction of sp³-hybridized carbons (Fsp3) is 0. The van der Waals surface area contributed by atoms with Crippen molar-refractivity contribution < 1.29 is 8.78 Å². The predicted octanol–water partition coefficient (Wildman–Crippen LogP) is 4.27. The molecular formula is C14H8F2. The summed E-state index contributed by atoms with van der Waals surface area (Å²) in [6.45, 7) is 0. The van der Waals surface area contributed by atoms with E-state index in [0.717, 1.165) is 16.8 Å². The van der Waals surface area contributed by atoms with Gasteiger partial charge in [-0.3, -0.25) is 0 Å². The largest absolute Gasteiger partial charge is 0.207 e. The van der Waals surface area contributed by atoms with E-state index in [9.17, 15) is 8.78 Å². The molecule has 0 saturated carbocycles. The Labute approximate surface area is 91.1 Å². The van der Waals surface area contributed by atoms with E-state index in [0.29, 0.717) is 10.8 Å². The van der Waals surface area contributed by atoms with E-state index >= 15 is 0 Å². The van der Waals surface area contributed by atoms with Crippen molar-refractivity contribution in [2.24, 2.45) is 0 Å². The molecular weight excluding hydrogens is 206 g/mol. The minimum atomic E-state index is -0.540. The molecule has 0 bridgehead atoms. The zero-order chi connectivity index (χ0) is 11.1. The van der Waals surface area contributed by atoms with Crippen molar-refractivity contribution in [2.45, 2.75) is 0 Å². The first-order valence-corrected chi connectivity index (χ1v) is 5.02. The standard InChI is InChI=1S/C14H8F2/c15-10-7-13-11-4-2-1-3-9(11)5-6-12(13)14(16)8-10/h1-8H. The van der Waals surface area contributed by atoms with Crippen molar-refractivity contribution in [3.63, 3.8) is 0 Å². The summed E-state index contributed by atoms with van der Waals surface area (Å²) < 4.78 is 26.7. The number of benzene rings is 3. The summed E-state index contributed by atoms with van der Waals surface area (Å²) in [6, 6.07) is 13.4. The molecule has 0 aliphatic carbocycles. The molecule has 0 fully saturated rings. The first-order chi connectivity index (χ1) is 7.75. The maximum atomic E-state index is 13.5. The molecule has 0 atom stereocenters. The van der Waals surface area contributed by atoms with Crippen LogP contribution >= 0.6 is 0 Å². The van der Waals surface area contributed by atoms with Crippen molar-refractivity contribution in [2.75, 3.05) is 0 Å². The van der Waals surface area contributed by atoms with Gasteiger partial charge in [0, 0.05) is 11.5 Å². The summed E-state index contributed by atoms with van der Waals surface area (Å²) >= 11 is 0. The molecule has 3 rings (SSSR count). The number of rotatable bonds is 0. The quantitative estimate of drug-likeness (QED) is 0.490. The molecule has 0 aromatic heterocycles. The number of halogens is 2. The average molecular weight is 214 g/mol. The second kappa shape index (κ2) is 3.27. The molecule has 0 unspecified atom stereocenters. The molecule has 0 aliphatic heterocycles. The third-order valence-electron chi connectivity index (χ3n) is 2.77. The highest BCUT2D eigenvalue weighted by molar-refractivity contribution is 6.07. The minimum Gasteiger partial charge on any atom is -0.207 e. The number of hydrogen-bond donors (Lipinski definition) is 0. The first kappa shape index (κ1) is 9.28. The van der Waals surface area contributed by atoms with Crippen LogP contribution in [0.2, 0.25) is 0 Å². The van der Waals surface area contributed by atoms with E-state index < -0.39 is 11.6 Å². The lowest BCUT2D eigenvalue weighted by Gasteiger charge is -2.04. The van der Waals surface area contributed by atoms with Gasteiger partial charge in [0.15, 0.2) is 0 Å². The third-order valence-corrected chi connectivity index (χ3v) is 2.77. The monoisotopic (exact) mass is 214 g/mol. The minimum absolute atomic E-state index is 0.458. The van der Waals surface area contributed by atoms with Gasteiger partial charge in [-0.2, -0.15) is 0 Å². The topological polar surface area (TPSA) is 0 Å². The Kier molecular flexibility index (Phi) is 1.90. The van der Waals surface area contributed by atoms with Gasteiger partial charge in [0.2, 0.25) is 0 Å². The number of fused-ring (bicyclic) bond motifs is 3. The van der Waals surface area contributed by atoms with Crippen LogP contribution in [0.5, 0.6) is 0 Å². The van der Waals surface area contributed by atoms with E-state index in [4.69, 9.17) is 0 Å². The van der Waals surface area contributed by atoms with Gasteiger partial charge < -0.3 is 0 Å². The van der Waals surface area contributed by atoms with Crippen LogP contribution in [-0.4, -0.2) is 0 Å². The highest BCUT2D eigenvalue weighted by Gasteiger charge is 2.06. The van der Waals surface area contributed by atoms with E-state index in [2.05, 4.69) is 0 Å². The smallest absolute Gasteiger partial charge is 0.133 e. The van der Waals surface area contributed by atoms with Crippen molar-refractivity contribution >= 4 is 21.5 Å². The number of hydrogen-bond acceptors (Lipinski definition) is 0. The summed E-state index contributed by atoms with van der Waals surface area (Å²) in [7, 11) is 0. The zero-order valence-corrected chi connectivity index (χ0v) is 8.37. The Morgan fingerprint density at radius 2 is 1.50 bits per heavy atom. The van der Waals surface area contributed by atoms with Gasteiger partial charge in [-0.05, 0) is 22.2 Å². The van der Waals surface area contributed by atoms with Crippen LogP contribution in [0.1, 0.15) is 0 Å². The molecule has 2 heteroatoms. The fourth-order valence-corrected chi connectivity index (χ4v) is 2.04. The van der Waals surface area contributed by atoms with E-state index in [1.54, 1.807) is 6.07 Å². The SMILES string of the molecule is Fc1cc(F)c2ccc3ccccc3c2c1. The Morgan fingerprint density at radius 1 is 0.688 bits per heavy atom. The Bertz CT molecular complexity index is 687. The fourth-order valence-electron chi connectivity index (χ4n) is 2.04. The molecule has 0 nitrogen and oxygen atoms in total. The summed E-state index contributed by atoms with van der Waals surface area (Å²) in [5.41, 5.74) is 0. The van der Waals surface area contributed by atoms with E-state index in [1.807, 2.05) is 30.3 Å². The van der Waals surface area contributed by atoms with Crippen LogP contribution in [0.15, 0.2) is 48.5 Å². The molecule has 3 aromatic carbocycles. The van der Waals surface area contributed by atoms with Crippen LogP contribution in [0.3, 0.4) is 0 Å². The molecule has 0 saturated heterocycles. The molecule has 0 spiro atoms. The van der Waals surface area contributed by atoms with Gasteiger partial charge in [0.25, 0.3) is 0 Å². The Balaban J connectivity index is 2.59. The molecule has 0 radical (unpaired) electrons. The van der Waals surface area contributed by atoms with Crippen molar-refractivity contribution in [1.29, 1.82) is 0 Å². The van der Waals surface area contributed by atoms with Crippen LogP contribution in [0.25, 0.3) is 21.5 Å². The lowest BCUT2D eigenvalue weighted by molar-refractivity contribution is 0.592. The van der Waals surface area contributed by atoms with Gasteiger partial charge in [-0.1, -0.05) is 36.4 Å². The highest BCUT2D eigenvalue weighted by Crippen LogP contribution is 2.27. The summed E-state index contributed by atoms with van der Waals surface area (Å²) in [5, 5.41) is 2.94. The van der Waals surface area contributed by atoms with Crippen molar-refractivity contribution in [1.82, 2.24) is 0 Å². The second-order valence-corrected chi connectivity index (χ2v) is 3.77. The van der Waals surface area contributed by atoms with Crippen molar-refractivity contribution in [3.05, 3.63) is 60.2 Å². The molecule has 0 aliphatic rings. The Morgan fingerprint density at radius 3 is 2.38 bits per heavy atom. The normalized spacial score (nSPS) is 11.1. The van der Waals surface area contributed by atoms with E-state index in [-0.39, 0.29) is 0 Å². The zero-order valence-electron chi connectivity index (χ0n) is 8.37. The predicted molar refractivity (Wildman–Crippen MR) is 61.4 cm³/mol. The molecule has 78 valence electrons. The first-order valence-electron chi connectivity index (χ1n) is 5.02. The van der Waals surface area contributed by atoms with Crippen LogP contribution in [0, 0.1) is 11.6 Å². The second-order valence-electron chi connectivity index (χ2n) is 3.77. The molecule has 16 heavy (non-hydrogen) atoms. The molecule has 0 heterocycles. The highest BCUT2D eigenvalue weighted by atomic mass is 19.1. The lowest BCUT2D eigenvalue weighted by Crippen LogP contribution is -1.84. The van der Waals surface area contributed by atoms with Gasteiger partial charge in [-0.15, -0.1) is 0 Å². The molecule has 3 aromatic rings. The van der Waals surface area contributed by atoms with Crippen LogP contribution in [-0.2, 0) is 0 Å². The van der Waals surface area contributed by atoms with Crippen LogP contribution < -0.4 is 0 Å². The van der Waals surface area contributed by atoms with E-state index in [1.165, 1.54) is 6.07 Å². The lowest BCUT2D eigenvalue weighted by atomic mass is 10.0. The Hall–Kier alpha value is -1.96. The summed E-state index contributed by atoms with van der Waals surface area (Å²) in [6.07, 6.45) is 0. The maximum absolute atomic E-state index is 13.5. The van der Waals surface area contributed by atoms with Crippen LogP contribution in [0.4, 0.5) is 8.78 Å². The molecule has 0 amide bonds. The maximum Gasteiger partial charge on any atom is 0.133 e. The van der Waals surface area contributed by atoms with Gasteiger partial charge in [0.05, 0.1) is 0 Å². The van der Waals surface area contributed by atoms with Gasteiger partial charge in [-0.25, -0.2) is 8.78 Å².